The van der Waals surface area contributed by atoms with Gasteiger partial charge >= 0.3 is 5.97 Å². The molecule has 0 spiro atoms. The van der Waals surface area contributed by atoms with Crippen LogP contribution in [0.25, 0.3) is 11.0 Å². The van der Waals surface area contributed by atoms with Crippen LogP contribution in [0.1, 0.15) is 6.92 Å². The molecule has 1 heterocycles. The molecule has 108 valence electrons. The summed E-state index contributed by atoms with van der Waals surface area (Å²) in [7, 11) is 0. The lowest BCUT2D eigenvalue weighted by Gasteiger charge is -2.12. The average molecular weight is 331 g/mol. The molecule has 0 aliphatic rings. The molecule has 0 saturated heterocycles. The van der Waals surface area contributed by atoms with Crippen LogP contribution in [-0.2, 0) is 11.3 Å². The summed E-state index contributed by atoms with van der Waals surface area (Å²) in [6.45, 7) is 2.91. The predicted molar refractivity (Wildman–Crippen MR) is 86.1 cm³/mol. The Bertz CT molecular complexity index is 630. The Hall–Kier alpha value is -0.850. The zero-order valence-electron chi connectivity index (χ0n) is 11.2. The van der Waals surface area contributed by atoms with Crippen molar-refractivity contribution in [3.63, 3.8) is 0 Å². The number of aliphatic carboxylic acids is 1. The number of fused-ring (bicyclic) bond motifs is 1. The van der Waals surface area contributed by atoms with Crippen molar-refractivity contribution in [2.45, 2.75) is 23.9 Å². The zero-order chi connectivity index (χ0) is 14.7. The van der Waals surface area contributed by atoms with Crippen LogP contribution in [0.3, 0.4) is 0 Å². The van der Waals surface area contributed by atoms with E-state index in [4.69, 9.17) is 16.7 Å². The number of thioether (sulfide) groups is 2. The van der Waals surface area contributed by atoms with Gasteiger partial charge in [-0.2, -0.15) is 11.8 Å². The zero-order valence-corrected chi connectivity index (χ0v) is 13.6. The second-order valence-corrected chi connectivity index (χ2v) is 6.97. The van der Waals surface area contributed by atoms with E-state index in [2.05, 4.69) is 22.7 Å². The standard InChI is InChI=1S/C13H15ClN2O2S2/c1-8(19-2)6-16-10-5-3-4-9(14)12(10)15-13(16)20-7-11(17)18/h3-5,8H,6-7H2,1-2H3,(H,17,18). The lowest BCUT2D eigenvalue weighted by molar-refractivity contribution is -0.133. The van der Waals surface area contributed by atoms with Gasteiger partial charge in [0, 0.05) is 11.8 Å². The molecule has 0 saturated carbocycles. The summed E-state index contributed by atoms with van der Waals surface area (Å²) in [5.41, 5.74) is 1.68. The SMILES string of the molecule is CSC(C)Cn1c(SCC(=O)O)nc2c(Cl)cccc21. The van der Waals surface area contributed by atoms with Crippen LogP contribution in [0.4, 0.5) is 0 Å². The molecule has 2 aromatic rings. The molecule has 0 fully saturated rings. The van der Waals surface area contributed by atoms with Gasteiger partial charge in [0.15, 0.2) is 5.16 Å². The third kappa shape index (κ3) is 3.42. The fourth-order valence-corrected chi connectivity index (χ4v) is 3.08. The monoisotopic (exact) mass is 330 g/mol. The van der Waals surface area contributed by atoms with Crippen LogP contribution >= 0.6 is 35.1 Å². The third-order valence-electron chi connectivity index (χ3n) is 2.86. The number of imidazole rings is 1. The molecule has 1 aromatic heterocycles. The van der Waals surface area contributed by atoms with Crippen molar-refractivity contribution in [2.24, 2.45) is 0 Å². The molecule has 2 rings (SSSR count). The summed E-state index contributed by atoms with van der Waals surface area (Å²) in [6, 6.07) is 5.65. The van der Waals surface area contributed by atoms with E-state index in [1.165, 1.54) is 11.8 Å². The summed E-state index contributed by atoms with van der Waals surface area (Å²) in [4.78, 5) is 15.2. The second-order valence-electron chi connectivity index (χ2n) is 4.34. The first-order valence-corrected chi connectivity index (χ1v) is 8.70. The summed E-state index contributed by atoms with van der Waals surface area (Å²) >= 11 is 9.16. The van der Waals surface area contributed by atoms with Gasteiger partial charge in [-0.3, -0.25) is 4.79 Å². The molecule has 0 aliphatic heterocycles. The van der Waals surface area contributed by atoms with Crippen LogP contribution in [0, 0.1) is 0 Å². The van der Waals surface area contributed by atoms with Gasteiger partial charge in [-0.15, -0.1) is 0 Å². The van der Waals surface area contributed by atoms with Gasteiger partial charge in [-0.25, -0.2) is 4.98 Å². The number of nitrogens with zero attached hydrogens (tertiary/aromatic N) is 2. The van der Waals surface area contributed by atoms with Crippen LogP contribution in [0.5, 0.6) is 0 Å². The number of rotatable bonds is 6. The number of carboxylic acid groups (broad SMARTS) is 1. The van der Waals surface area contributed by atoms with Gasteiger partial charge in [0.25, 0.3) is 0 Å². The normalized spacial score (nSPS) is 12.8. The predicted octanol–water partition coefficient (Wildman–Crippen LogP) is 3.62. The van der Waals surface area contributed by atoms with E-state index in [1.54, 1.807) is 17.8 Å². The highest BCUT2D eigenvalue weighted by atomic mass is 35.5. The van der Waals surface area contributed by atoms with Gasteiger partial charge in [0.2, 0.25) is 0 Å². The Morgan fingerprint density at radius 3 is 2.95 bits per heavy atom. The van der Waals surface area contributed by atoms with Crippen LogP contribution in [0.15, 0.2) is 23.4 Å². The minimum absolute atomic E-state index is 0.00537. The molecule has 7 heteroatoms. The average Bonchev–Trinajstić information content (AvgIpc) is 2.76. The molecule has 0 bridgehead atoms. The maximum Gasteiger partial charge on any atom is 0.313 e. The number of para-hydroxylation sites is 1. The number of halogens is 1. The second kappa shape index (κ2) is 6.74. The van der Waals surface area contributed by atoms with E-state index < -0.39 is 5.97 Å². The largest absolute Gasteiger partial charge is 0.481 e. The number of hydrogen-bond donors (Lipinski definition) is 1. The van der Waals surface area contributed by atoms with E-state index in [9.17, 15) is 4.79 Å². The maximum absolute atomic E-state index is 10.8. The van der Waals surface area contributed by atoms with Crippen molar-refractivity contribution in [2.75, 3.05) is 12.0 Å². The number of benzene rings is 1. The van der Waals surface area contributed by atoms with Gasteiger partial charge in [0.1, 0.15) is 5.52 Å². The Morgan fingerprint density at radius 1 is 1.55 bits per heavy atom. The molecule has 1 unspecified atom stereocenters. The maximum atomic E-state index is 10.8. The number of carbonyl (C=O) groups is 1. The number of carboxylic acids is 1. The first-order chi connectivity index (χ1) is 9.52. The Labute approximate surface area is 130 Å². The molecule has 0 amide bonds. The van der Waals surface area contributed by atoms with Crippen molar-refractivity contribution in [1.82, 2.24) is 9.55 Å². The Morgan fingerprint density at radius 2 is 2.30 bits per heavy atom. The van der Waals surface area contributed by atoms with E-state index in [-0.39, 0.29) is 5.75 Å². The number of hydrogen-bond acceptors (Lipinski definition) is 4. The first-order valence-electron chi connectivity index (χ1n) is 6.05. The van der Waals surface area contributed by atoms with Crippen molar-refractivity contribution in [3.05, 3.63) is 23.2 Å². The lowest BCUT2D eigenvalue weighted by atomic mass is 10.3. The van der Waals surface area contributed by atoms with E-state index in [0.717, 1.165) is 17.6 Å². The van der Waals surface area contributed by atoms with Gasteiger partial charge in [0.05, 0.1) is 16.3 Å². The highest BCUT2D eigenvalue weighted by molar-refractivity contribution is 7.99. The Kier molecular flexibility index (Phi) is 5.23. The third-order valence-corrected chi connectivity index (χ3v) is 5.08. The molecule has 4 nitrogen and oxygen atoms in total. The van der Waals surface area contributed by atoms with E-state index >= 15 is 0 Å². The minimum atomic E-state index is -0.849. The molecular weight excluding hydrogens is 316 g/mol. The first kappa shape index (κ1) is 15.5. The van der Waals surface area contributed by atoms with Crippen LogP contribution in [0.2, 0.25) is 5.02 Å². The molecule has 1 atom stereocenters. The van der Waals surface area contributed by atoms with Crippen molar-refractivity contribution >= 4 is 52.1 Å². The van der Waals surface area contributed by atoms with Crippen LogP contribution < -0.4 is 0 Å². The molecule has 0 aliphatic carbocycles. The van der Waals surface area contributed by atoms with Crippen LogP contribution in [-0.4, -0.2) is 37.9 Å². The fourth-order valence-electron chi connectivity index (χ4n) is 1.84. The topological polar surface area (TPSA) is 55.1 Å². The lowest BCUT2D eigenvalue weighted by Crippen LogP contribution is -2.10. The van der Waals surface area contributed by atoms with Gasteiger partial charge in [-0.1, -0.05) is 36.4 Å². The Balaban J connectivity index is 2.45. The summed E-state index contributed by atoms with van der Waals surface area (Å²) in [5.74, 6) is -0.855. The van der Waals surface area contributed by atoms with Gasteiger partial charge < -0.3 is 9.67 Å². The van der Waals surface area contributed by atoms with Crippen molar-refractivity contribution in [1.29, 1.82) is 0 Å². The highest BCUT2D eigenvalue weighted by Gasteiger charge is 2.16. The summed E-state index contributed by atoms with van der Waals surface area (Å²) in [5, 5.41) is 10.5. The van der Waals surface area contributed by atoms with E-state index in [0.29, 0.717) is 15.4 Å². The molecule has 20 heavy (non-hydrogen) atoms. The van der Waals surface area contributed by atoms with E-state index in [1.807, 2.05) is 12.1 Å². The summed E-state index contributed by atoms with van der Waals surface area (Å²) < 4.78 is 2.05. The fraction of sp³-hybridized carbons (Fsp3) is 0.385. The minimum Gasteiger partial charge on any atom is -0.481 e. The van der Waals surface area contributed by atoms with Crippen molar-refractivity contribution < 1.29 is 9.90 Å². The number of aromatic nitrogens is 2. The highest BCUT2D eigenvalue weighted by Crippen LogP contribution is 2.29. The molecule has 1 N–H and O–H groups in total. The van der Waals surface area contributed by atoms with Crippen molar-refractivity contribution in [3.8, 4) is 0 Å². The smallest absolute Gasteiger partial charge is 0.313 e. The summed E-state index contributed by atoms with van der Waals surface area (Å²) in [6.07, 6.45) is 2.06. The molecular formula is C13H15ClN2O2S2. The molecule has 1 aromatic carbocycles. The quantitative estimate of drug-likeness (QED) is 0.820. The van der Waals surface area contributed by atoms with Gasteiger partial charge in [-0.05, 0) is 18.4 Å². The molecule has 0 radical (unpaired) electrons.